The van der Waals surface area contributed by atoms with E-state index in [1.165, 1.54) is 0 Å². The predicted molar refractivity (Wildman–Crippen MR) is 80.4 cm³/mol. The van der Waals surface area contributed by atoms with Gasteiger partial charge in [0.25, 0.3) is 0 Å². The van der Waals surface area contributed by atoms with Crippen molar-refractivity contribution < 1.29 is 9.53 Å². The molecule has 18 heavy (non-hydrogen) atoms. The largest absolute Gasteiger partial charge is 0.455 e. The van der Waals surface area contributed by atoms with Gasteiger partial charge in [0.05, 0.1) is 5.56 Å². The topological polar surface area (TPSA) is 38.3 Å². The van der Waals surface area contributed by atoms with Gasteiger partial charge in [-0.3, -0.25) is 0 Å². The Morgan fingerprint density at radius 1 is 1.28 bits per heavy atom. The third-order valence-corrected chi connectivity index (χ3v) is 4.30. The first kappa shape index (κ1) is 14.1. The molecule has 1 fully saturated rings. The highest BCUT2D eigenvalue weighted by molar-refractivity contribution is 14.1. The molecule has 0 atom stereocenters. The number of carbonyl (C=O) groups is 1. The molecule has 0 aliphatic carbocycles. The zero-order valence-electron chi connectivity index (χ0n) is 9.87. The van der Waals surface area contributed by atoms with Crippen molar-refractivity contribution in [1.82, 2.24) is 5.32 Å². The van der Waals surface area contributed by atoms with E-state index >= 15 is 0 Å². The molecule has 5 heteroatoms. The molecule has 1 N–H and O–H groups in total. The number of hydrogen-bond donors (Lipinski definition) is 1. The van der Waals surface area contributed by atoms with E-state index in [2.05, 4.69) is 40.0 Å². The lowest BCUT2D eigenvalue weighted by molar-refractivity contribution is -0.0398. The minimum Gasteiger partial charge on any atom is -0.455 e. The van der Waals surface area contributed by atoms with Gasteiger partial charge in [-0.1, -0.05) is 6.07 Å². The van der Waals surface area contributed by atoms with Crippen LogP contribution in [0.15, 0.2) is 18.2 Å². The Balaban J connectivity index is 0.00000120. The second-order valence-corrected chi connectivity index (χ2v) is 6.05. The molecule has 2 heterocycles. The summed E-state index contributed by atoms with van der Waals surface area (Å²) in [5.74, 6) is -0.147. The Kier molecular flexibility index (Phi) is 4.18. The van der Waals surface area contributed by atoms with Gasteiger partial charge in [-0.2, -0.15) is 0 Å². The maximum Gasteiger partial charge on any atom is 0.339 e. The van der Waals surface area contributed by atoms with Crippen molar-refractivity contribution in [3.05, 3.63) is 32.9 Å². The van der Waals surface area contributed by atoms with E-state index in [1.54, 1.807) is 0 Å². The van der Waals surface area contributed by atoms with Gasteiger partial charge in [-0.15, -0.1) is 12.4 Å². The lowest BCUT2D eigenvalue weighted by Gasteiger charge is -2.40. The number of halogens is 2. The molecule has 0 amide bonds. The molecule has 1 saturated heterocycles. The first-order valence-corrected chi connectivity index (χ1v) is 6.99. The molecule has 2 aliphatic heterocycles. The molecule has 3 nitrogen and oxygen atoms in total. The van der Waals surface area contributed by atoms with Gasteiger partial charge in [0.15, 0.2) is 0 Å². The Morgan fingerprint density at radius 3 is 2.72 bits per heavy atom. The van der Waals surface area contributed by atoms with Crippen molar-refractivity contribution >= 4 is 41.0 Å². The molecule has 1 aromatic rings. The highest BCUT2D eigenvalue weighted by atomic mass is 127. The van der Waals surface area contributed by atoms with Crippen molar-refractivity contribution in [3.8, 4) is 0 Å². The van der Waals surface area contributed by atoms with Crippen LogP contribution in [-0.2, 0) is 11.2 Å². The summed E-state index contributed by atoms with van der Waals surface area (Å²) in [6, 6.07) is 6.06. The number of hydrogen-bond acceptors (Lipinski definition) is 3. The Morgan fingerprint density at radius 2 is 2.00 bits per heavy atom. The highest BCUT2D eigenvalue weighted by Gasteiger charge is 2.41. The first-order chi connectivity index (χ1) is 8.19. The molecule has 0 aromatic heterocycles. The van der Waals surface area contributed by atoms with Gasteiger partial charge in [0, 0.05) is 22.8 Å². The van der Waals surface area contributed by atoms with E-state index < -0.39 is 0 Å². The molecule has 0 radical (unpaired) electrons. The van der Waals surface area contributed by atoms with Crippen molar-refractivity contribution in [2.75, 3.05) is 13.1 Å². The zero-order chi connectivity index (χ0) is 11.9. The monoisotopic (exact) mass is 379 g/mol. The fourth-order valence-electron chi connectivity index (χ4n) is 2.69. The molecular formula is C13H15ClINO2. The van der Waals surface area contributed by atoms with Crippen LogP contribution in [0.2, 0.25) is 0 Å². The number of esters is 1. The molecule has 98 valence electrons. The average molecular weight is 380 g/mol. The van der Waals surface area contributed by atoms with Crippen LogP contribution in [0, 0.1) is 3.57 Å². The smallest absolute Gasteiger partial charge is 0.339 e. The lowest BCUT2D eigenvalue weighted by Crippen LogP contribution is -2.49. The minimum atomic E-state index is -0.248. The van der Waals surface area contributed by atoms with E-state index in [-0.39, 0.29) is 24.0 Å². The summed E-state index contributed by atoms with van der Waals surface area (Å²) in [4.78, 5) is 12.1. The number of ether oxygens (including phenoxy) is 1. The summed E-state index contributed by atoms with van der Waals surface area (Å²) < 4.78 is 6.80. The molecule has 3 rings (SSSR count). The second kappa shape index (κ2) is 5.35. The van der Waals surface area contributed by atoms with Crippen LogP contribution in [0.5, 0.6) is 0 Å². The van der Waals surface area contributed by atoms with Gasteiger partial charge in [0.1, 0.15) is 5.60 Å². The quantitative estimate of drug-likeness (QED) is 0.556. The zero-order valence-corrected chi connectivity index (χ0v) is 12.8. The van der Waals surface area contributed by atoms with Crippen LogP contribution >= 0.6 is 35.0 Å². The first-order valence-electron chi connectivity index (χ1n) is 5.91. The van der Waals surface area contributed by atoms with Crippen molar-refractivity contribution in [3.63, 3.8) is 0 Å². The summed E-state index contributed by atoms with van der Waals surface area (Å²) in [5.41, 5.74) is 1.65. The number of benzene rings is 1. The lowest BCUT2D eigenvalue weighted by atomic mass is 9.82. The molecular weight excluding hydrogens is 365 g/mol. The average Bonchev–Trinajstić information content (AvgIpc) is 2.31. The van der Waals surface area contributed by atoms with Gasteiger partial charge in [0.2, 0.25) is 0 Å². The highest BCUT2D eigenvalue weighted by Crippen LogP contribution is 2.34. The van der Waals surface area contributed by atoms with E-state index in [0.717, 1.165) is 47.0 Å². The van der Waals surface area contributed by atoms with Crippen LogP contribution in [0.4, 0.5) is 0 Å². The van der Waals surface area contributed by atoms with Gasteiger partial charge in [-0.25, -0.2) is 4.79 Å². The van der Waals surface area contributed by atoms with E-state index in [0.29, 0.717) is 0 Å². The van der Waals surface area contributed by atoms with Crippen LogP contribution in [-0.4, -0.2) is 24.7 Å². The van der Waals surface area contributed by atoms with Crippen molar-refractivity contribution in [1.29, 1.82) is 0 Å². The van der Waals surface area contributed by atoms with Gasteiger partial charge in [-0.05, 0) is 53.4 Å². The maximum atomic E-state index is 12.1. The summed E-state index contributed by atoms with van der Waals surface area (Å²) in [7, 11) is 0. The summed E-state index contributed by atoms with van der Waals surface area (Å²) in [6.45, 7) is 1.87. The number of rotatable bonds is 0. The molecule has 0 unspecified atom stereocenters. The summed E-state index contributed by atoms with van der Waals surface area (Å²) >= 11 is 2.22. The van der Waals surface area contributed by atoms with Crippen LogP contribution in [0.1, 0.15) is 28.8 Å². The number of carbonyl (C=O) groups excluding carboxylic acids is 1. The molecule has 0 bridgehead atoms. The standard InChI is InChI=1S/C13H14INO2.ClH/c14-10-2-1-9-8-13(3-5-15-6-4-13)17-12(16)11(9)7-10;/h1-2,7,15H,3-6,8H2;1H. The number of nitrogens with one attached hydrogen (secondary N) is 1. The van der Waals surface area contributed by atoms with E-state index in [9.17, 15) is 4.79 Å². The third kappa shape index (κ3) is 2.51. The Bertz CT molecular complexity index is 472. The fraction of sp³-hybridized carbons (Fsp3) is 0.462. The molecule has 0 saturated carbocycles. The summed E-state index contributed by atoms with van der Waals surface area (Å²) in [5, 5.41) is 3.31. The molecule has 2 aliphatic rings. The van der Waals surface area contributed by atoms with Gasteiger partial charge >= 0.3 is 5.97 Å². The number of piperidine rings is 1. The van der Waals surface area contributed by atoms with Crippen molar-refractivity contribution in [2.24, 2.45) is 0 Å². The molecule has 1 aromatic carbocycles. The fourth-order valence-corrected chi connectivity index (χ4v) is 3.18. The minimum absolute atomic E-state index is 0. The maximum absolute atomic E-state index is 12.1. The second-order valence-electron chi connectivity index (χ2n) is 4.80. The SMILES string of the molecule is Cl.O=C1OC2(CCNCC2)Cc2ccc(I)cc21. The summed E-state index contributed by atoms with van der Waals surface area (Å²) in [6.07, 6.45) is 2.71. The van der Waals surface area contributed by atoms with Crippen LogP contribution < -0.4 is 5.32 Å². The van der Waals surface area contributed by atoms with E-state index in [1.807, 2.05) is 6.07 Å². The van der Waals surface area contributed by atoms with Crippen LogP contribution in [0.25, 0.3) is 0 Å². The number of fused-ring (bicyclic) bond motifs is 1. The molecule has 1 spiro atoms. The van der Waals surface area contributed by atoms with Crippen molar-refractivity contribution in [2.45, 2.75) is 24.9 Å². The van der Waals surface area contributed by atoms with Gasteiger partial charge < -0.3 is 10.1 Å². The van der Waals surface area contributed by atoms with Crippen LogP contribution in [0.3, 0.4) is 0 Å². The predicted octanol–water partition coefficient (Wildman–Crippen LogP) is 2.55. The Hall–Kier alpha value is -0.330. The normalized spacial score (nSPS) is 20.8. The Labute approximate surface area is 126 Å². The van der Waals surface area contributed by atoms with E-state index in [4.69, 9.17) is 4.74 Å². The third-order valence-electron chi connectivity index (χ3n) is 3.63.